The van der Waals surface area contributed by atoms with Crippen LogP contribution in [0.15, 0.2) is 24.3 Å². The van der Waals surface area contributed by atoms with Crippen LogP contribution in [0.3, 0.4) is 0 Å². The number of hydrogen-bond acceptors (Lipinski definition) is 2. The third-order valence-electron chi connectivity index (χ3n) is 2.73. The van der Waals surface area contributed by atoms with E-state index in [0.29, 0.717) is 11.5 Å². The molecule has 0 amide bonds. The fraction of sp³-hybridized carbons (Fsp3) is 0.385. The maximum atomic E-state index is 12.8. The topological polar surface area (TPSA) is 30.7 Å². The van der Waals surface area contributed by atoms with Gasteiger partial charge in [-0.05, 0) is 29.8 Å². The Kier molecular flexibility index (Phi) is 3.54. The van der Waals surface area contributed by atoms with Crippen LogP contribution in [0.25, 0.3) is 5.69 Å². The van der Waals surface area contributed by atoms with E-state index in [1.54, 1.807) is 6.07 Å². The summed E-state index contributed by atoms with van der Waals surface area (Å²) < 4.78 is 39.7. The maximum Gasteiger partial charge on any atom is 0.416 e. The molecule has 0 aliphatic heterocycles. The van der Waals surface area contributed by atoms with Crippen molar-refractivity contribution in [3.8, 4) is 5.69 Å². The average Bonchev–Trinajstić information content (AvgIpc) is 2.70. The van der Waals surface area contributed by atoms with Crippen LogP contribution in [0.5, 0.6) is 0 Å². The van der Waals surface area contributed by atoms with Crippen molar-refractivity contribution in [2.75, 3.05) is 0 Å². The Labute approximate surface area is 119 Å². The first kappa shape index (κ1) is 14.8. The van der Waals surface area contributed by atoms with E-state index < -0.39 is 17.2 Å². The lowest BCUT2D eigenvalue weighted by molar-refractivity contribution is -0.137. The minimum atomic E-state index is -4.40. The van der Waals surface area contributed by atoms with Crippen molar-refractivity contribution in [3.63, 3.8) is 0 Å². The third-order valence-corrected chi connectivity index (χ3v) is 2.97. The van der Waals surface area contributed by atoms with E-state index in [0.717, 1.165) is 12.1 Å². The minimum absolute atomic E-state index is 0.0363. The van der Waals surface area contributed by atoms with Crippen molar-refractivity contribution in [2.45, 2.75) is 32.4 Å². The number of rotatable bonds is 1. The summed E-state index contributed by atoms with van der Waals surface area (Å²) in [7, 11) is 0. The lowest BCUT2D eigenvalue weighted by Gasteiger charge is -2.19. The summed E-state index contributed by atoms with van der Waals surface area (Å²) in [4.78, 5) is 0. The third kappa shape index (κ3) is 2.80. The van der Waals surface area contributed by atoms with Crippen molar-refractivity contribution in [1.29, 1.82) is 0 Å². The van der Waals surface area contributed by atoms with Crippen LogP contribution in [0, 0.1) is 0 Å². The lowest BCUT2D eigenvalue weighted by Crippen LogP contribution is -2.18. The van der Waals surface area contributed by atoms with Gasteiger partial charge in [0.15, 0.2) is 0 Å². The molecule has 0 saturated carbocycles. The average molecular weight is 304 g/mol. The Bertz CT molecular complexity index is 627. The monoisotopic (exact) mass is 303 g/mol. The molecule has 0 radical (unpaired) electrons. The van der Waals surface area contributed by atoms with E-state index in [9.17, 15) is 13.2 Å². The largest absolute Gasteiger partial charge is 0.416 e. The van der Waals surface area contributed by atoms with Gasteiger partial charge in [0.25, 0.3) is 0 Å². The van der Waals surface area contributed by atoms with Crippen molar-refractivity contribution >= 4 is 11.6 Å². The Balaban J connectivity index is 2.61. The van der Waals surface area contributed by atoms with E-state index in [1.165, 1.54) is 10.6 Å². The quantitative estimate of drug-likeness (QED) is 0.789. The summed E-state index contributed by atoms with van der Waals surface area (Å²) in [5.74, 6) is 0.502. The predicted octanol–water partition coefficient (Wildman–Crippen LogP) is 4.24. The van der Waals surface area contributed by atoms with Gasteiger partial charge in [0.05, 0.1) is 11.3 Å². The van der Waals surface area contributed by atoms with Crippen LogP contribution in [0.1, 0.15) is 32.2 Å². The highest BCUT2D eigenvalue weighted by Gasteiger charge is 2.31. The molecule has 1 aromatic carbocycles. The molecule has 0 fully saturated rings. The number of benzene rings is 1. The molecule has 2 aromatic rings. The van der Waals surface area contributed by atoms with Crippen LogP contribution in [0.2, 0.25) is 5.28 Å². The van der Waals surface area contributed by atoms with Crippen LogP contribution >= 0.6 is 11.6 Å². The zero-order valence-electron chi connectivity index (χ0n) is 11.2. The molecular formula is C13H13ClF3N3. The summed E-state index contributed by atoms with van der Waals surface area (Å²) in [5, 5.41) is 7.74. The predicted molar refractivity (Wildman–Crippen MR) is 70.1 cm³/mol. The lowest BCUT2D eigenvalue weighted by atomic mass is 9.95. The number of halogens is 4. The van der Waals surface area contributed by atoms with E-state index >= 15 is 0 Å². The summed E-state index contributed by atoms with van der Waals surface area (Å²) in [6.45, 7) is 5.66. The Morgan fingerprint density at radius 2 is 1.75 bits per heavy atom. The second-order valence-corrected chi connectivity index (χ2v) is 5.76. The number of hydrogen-bond donors (Lipinski definition) is 0. The molecular weight excluding hydrogens is 291 g/mol. The molecule has 0 atom stereocenters. The van der Waals surface area contributed by atoms with Gasteiger partial charge < -0.3 is 0 Å². The van der Waals surface area contributed by atoms with E-state index in [4.69, 9.17) is 11.6 Å². The molecule has 0 unspecified atom stereocenters. The molecule has 108 valence electrons. The maximum absolute atomic E-state index is 12.8. The van der Waals surface area contributed by atoms with Gasteiger partial charge in [-0.1, -0.05) is 26.8 Å². The summed E-state index contributed by atoms with van der Waals surface area (Å²) in [5.41, 5.74) is -0.839. The van der Waals surface area contributed by atoms with Crippen LogP contribution in [-0.2, 0) is 11.6 Å². The molecule has 1 heterocycles. The van der Waals surface area contributed by atoms with Gasteiger partial charge in [0.1, 0.15) is 5.82 Å². The Morgan fingerprint density at radius 3 is 2.30 bits per heavy atom. The van der Waals surface area contributed by atoms with E-state index in [-0.39, 0.29) is 5.28 Å². The smallest absolute Gasteiger partial charge is 0.269 e. The summed E-state index contributed by atoms with van der Waals surface area (Å²) >= 11 is 5.96. The van der Waals surface area contributed by atoms with Crippen molar-refractivity contribution < 1.29 is 13.2 Å². The van der Waals surface area contributed by atoms with Crippen molar-refractivity contribution in [3.05, 3.63) is 40.9 Å². The summed E-state index contributed by atoms with van der Waals surface area (Å²) in [6, 6.07) is 4.92. The number of aromatic nitrogens is 3. The van der Waals surface area contributed by atoms with Gasteiger partial charge in [-0.25, -0.2) is 0 Å². The van der Waals surface area contributed by atoms with Crippen molar-refractivity contribution in [1.82, 2.24) is 14.8 Å². The van der Waals surface area contributed by atoms with Gasteiger partial charge in [-0.3, -0.25) is 4.57 Å². The molecule has 1 aromatic heterocycles. The second-order valence-electron chi connectivity index (χ2n) is 5.43. The first-order valence-electron chi connectivity index (χ1n) is 5.90. The SMILES string of the molecule is CC(C)(C)c1nnc(Cl)n1-c1cccc(C(F)(F)F)c1. The second kappa shape index (κ2) is 4.77. The highest BCUT2D eigenvalue weighted by atomic mass is 35.5. The van der Waals surface area contributed by atoms with Gasteiger partial charge >= 0.3 is 6.18 Å². The first-order chi connectivity index (χ1) is 9.10. The molecule has 2 rings (SSSR count). The molecule has 0 aliphatic rings. The molecule has 0 saturated heterocycles. The normalized spacial score (nSPS) is 12.8. The molecule has 0 bridgehead atoms. The fourth-order valence-electron chi connectivity index (χ4n) is 1.80. The van der Waals surface area contributed by atoms with Gasteiger partial charge in [-0.15, -0.1) is 10.2 Å². The standard InChI is InChI=1S/C13H13ClF3N3/c1-12(2,3)10-18-19-11(14)20(10)9-6-4-5-8(7-9)13(15,16)17/h4-7H,1-3H3. The highest BCUT2D eigenvalue weighted by molar-refractivity contribution is 6.28. The number of alkyl halides is 3. The molecule has 20 heavy (non-hydrogen) atoms. The van der Waals surface area contributed by atoms with Crippen LogP contribution in [-0.4, -0.2) is 14.8 Å². The van der Waals surface area contributed by atoms with Crippen LogP contribution < -0.4 is 0 Å². The highest BCUT2D eigenvalue weighted by Crippen LogP contribution is 2.32. The first-order valence-corrected chi connectivity index (χ1v) is 6.27. The Hall–Kier alpha value is -1.56. The zero-order valence-corrected chi connectivity index (χ0v) is 11.9. The van der Waals surface area contributed by atoms with Crippen LogP contribution in [0.4, 0.5) is 13.2 Å². The zero-order chi connectivity index (χ0) is 15.1. The van der Waals surface area contributed by atoms with Gasteiger partial charge in [-0.2, -0.15) is 13.2 Å². The Morgan fingerprint density at radius 1 is 1.10 bits per heavy atom. The number of nitrogens with zero attached hydrogens (tertiary/aromatic N) is 3. The van der Waals surface area contributed by atoms with E-state index in [2.05, 4.69) is 10.2 Å². The van der Waals surface area contributed by atoms with Gasteiger partial charge in [0, 0.05) is 5.41 Å². The van der Waals surface area contributed by atoms with Crippen molar-refractivity contribution in [2.24, 2.45) is 0 Å². The molecule has 3 nitrogen and oxygen atoms in total. The molecule has 0 N–H and O–H groups in total. The molecule has 0 aliphatic carbocycles. The molecule has 7 heteroatoms. The fourth-order valence-corrected chi connectivity index (χ4v) is 2.02. The summed E-state index contributed by atoms with van der Waals surface area (Å²) in [6.07, 6.45) is -4.40. The minimum Gasteiger partial charge on any atom is -0.269 e. The molecule has 0 spiro atoms. The van der Waals surface area contributed by atoms with E-state index in [1.807, 2.05) is 20.8 Å². The van der Waals surface area contributed by atoms with Gasteiger partial charge in [0.2, 0.25) is 5.28 Å².